The Kier molecular flexibility index (Phi) is 7.08. The van der Waals surface area contributed by atoms with Crippen LogP contribution in [0.3, 0.4) is 0 Å². The quantitative estimate of drug-likeness (QED) is 0.676. The average molecular weight is 383 g/mol. The third-order valence-electron chi connectivity index (χ3n) is 3.49. The van der Waals surface area contributed by atoms with Gasteiger partial charge in [0.2, 0.25) is 0 Å². The van der Waals surface area contributed by atoms with Gasteiger partial charge in [-0.05, 0) is 24.1 Å². The van der Waals surface area contributed by atoms with Gasteiger partial charge in [0.15, 0.2) is 9.84 Å². The third-order valence-corrected chi connectivity index (χ3v) is 5.18. The summed E-state index contributed by atoms with van der Waals surface area (Å²) in [6.07, 6.45) is 0.221. The first-order valence-corrected chi connectivity index (χ1v) is 9.76. The van der Waals surface area contributed by atoms with E-state index in [2.05, 4.69) is 10.1 Å². The van der Waals surface area contributed by atoms with Crippen LogP contribution in [0.4, 0.5) is 8.78 Å². The highest BCUT2D eigenvalue weighted by Crippen LogP contribution is 2.20. The highest BCUT2D eigenvalue weighted by molar-refractivity contribution is 7.90. The lowest BCUT2D eigenvalue weighted by Crippen LogP contribution is -2.27. The molecular weight excluding hydrogens is 364 g/mol. The van der Waals surface area contributed by atoms with Crippen molar-refractivity contribution in [3.05, 3.63) is 65.7 Å². The summed E-state index contributed by atoms with van der Waals surface area (Å²) in [5.74, 6) is -0.970. The van der Waals surface area contributed by atoms with Crippen LogP contribution in [0.1, 0.15) is 22.3 Å². The first-order chi connectivity index (χ1) is 12.4. The molecule has 0 aromatic heterocycles. The minimum absolute atomic E-state index is 0.0278. The number of carbonyl (C=O) groups excluding carboxylic acids is 1. The number of hydrogen-bond donors (Lipinski definition) is 1. The second kappa shape index (κ2) is 9.28. The zero-order valence-corrected chi connectivity index (χ0v) is 14.7. The van der Waals surface area contributed by atoms with Crippen LogP contribution >= 0.6 is 0 Å². The zero-order chi connectivity index (χ0) is 19.0. The monoisotopic (exact) mass is 383 g/mol. The molecule has 0 unspecified atom stereocenters. The number of carbonyl (C=O) groups is 1. The van der Waals surface area contributed by atoms with Crippen molar-refractivity contribution < 1.29 is 26.7 Å². The number of halogens is 2. The molecule has 0 aliphatic carbocycles. The maximum atomic E-state index is 12.4. The molecule has 8 heteroatoms. The summed E-state index contributed by atoms with van der Waals surface area (Å²) in [5.41, 5.74) is 0.676. The Morgan fingerprint density at radius 3 is 2.38 bits per heavy atom. The maximum Gasteiger partial charge on any atom is 0.387 e. The number of benzene rings is 2. The van der Waals surface area contributed by atoms with E-state index < -0.39 is 22.4 Å². The Bertz CT molecular complexity index is 826. The van der Waals surface area contributed by atoms with Gasteiger partial charge in [-0.15, -0.1) is 0 Å². The summed E-state index contributed by atoms with van der Waals surface area (Å²) >= 11 is 0. The highest BCUT2D eigenvalue weighted by Gasteiger charge is 2.16. The van der Waals surface area contributed by atoms with Gasteiger partial charge in [0, 0.05) is 6.54 Å². The first kappa shape index (κ1) is 19.8. The van der Waals surface area contributed by atoms with E-state index >= 15 is 0 Å². The van der Waals surface area contributed by atoms with Gasteiger partial charge in [-0.2, -0.15) is 8.78 Å². The van der Waals surface area contributed by atoms with E-state index in [1.807, 2.05) is 0 Å². The molecule has 5 nitrogen and oxygen atoms in total. The number of ether oxygens (including phenoxy) is 1. The standard InChI is InChI=1S/C18H19F2NO4S/c19-18(20)25-16-10-5-4-9-15(16)17(22)21-11-6-12-26(23,24)13-14-7-2-1-3-8-14/h1-5,7-10,18H,6,11-13H2,(H,21,22). The summed E-state index contributed by atoms with van der Waals surface area (Å²) in [4.78, 5) is 12.1. The molecule has 0 aliphatic rings. The molecule has 140 valence electrons. The minimum Gasteiger partial charge on any atom is -0.434 e. The van der Waals surface area contributed by atoms with Gasteiger partial charge < -0.3 is 10.1 Å². The van der Waals surface area contributed by atoms with Crippen molar-refractivity contribution in [2.24, 2.45) is 0 Å². The Morgan fingerprint density at radius 1 is 1.04 bits per heavy atom. The van der Waals surface area contributed by atoms with Gasteiger partial charge >= 0.3 is 6.61 Å². The van der Waals surface area contributed by atoms with Crippen molar-refractivity contribution in [1.29, 1.82) is 0 Å². The van der Waals surface area contributed by atoms with Gasteiger partial charge in [0.05, 0.1) is 17.1 Å². The van der Waals surface area contributed by atoms with E-state index in [1.165, 1.54) is 24.3 Å². The second-order valence-corrected chi connectivity index (χ2v) is 7.75. The van der Waals surface area contributed by atoms with E-state index in [9.17, 15) is 22.0 Å². The molecule has 1 amide bonds. The van der Waals surface area contributed by atoms with Gasteiger partial charge in [0.1, 0.15) is 5.75 Å². The van der Waals surface area contributed by atoms with Gasteiger partial charge in [-0.3, -0.25) is 4.79 Å². The zero-order valence-electron chi connectivity index (χ0n) is 13.9. The van der Waals surface area contributed by atoms with E-state index in [1.54, 1.807) is 30.3 Å². The van der Waals surface area contributed by atoms with E-state index in [0.717, 1.165) is 0 Å². The molecule has 26 heavy (non-hydrogen) atoms. The van der Waals surface area contributed by atoms with Gasteiger partial charge in [0.25, 0.3) is 5.91 Å². The number of alkyl halides is 2. The van der Waals surface area contributed by atoms with Crippen molar-refractivity contribution in [2.45, 2.75) is 18.8 Å². The summed E-state index contributed by atoms with van der Waals surface area (Å²) in [5, 5.41) is 2.52. The fraction of sp³-hybridized carbons (Fsp3) is 0.278. The summed E-state index contributed by atoms with van der Waals surface area (Å²) in [7, 11) is -3.30. The normalized spacial score (nSPS) is 11.3. The first-order valence-electron chi connectivity index (χ1n) is 7.94. The van der Waals surface area contributed by atoms with Crippen molar-refractivity contribution in [2.75, 3.05) is 12.3 Å². The Morgan fingerprint density at radius 2 is 1.69 bits per heavy atom. The molecule has 2 aromatic carbocycles. The average Bonchev–Trinajstić information content (AvgIpc) is 2.59. The minimum atomic E-state index is -3.30. The van der Waals surface area contributed by atoms with Crippen LogP contribution in [0.25, 0.3) is 0 Å². The summed E-state index contributed by atoms with van der Waals surface area (Å²) in [6, 6.07) is 14.4. The fourth-order valence-electron chi connectivity index (χ4n) is 2.34. The van der Waals surface area contributed by atoms with E-state index in [4.69, 9.17) is 0 Å². The lowest BCUT2D eigenvalue weighted by Gasteiger charge is -2.11. The Balaban J connectivity index is 1.83. The highest BCUT2D eigenvalue weighted by atomic mass is 32.2. The van der Waals surface area contributed by atoms with Crippen LogP contribution in [0.5, 0.6) is 5.75 Å². The van der Waals surface area contributed by atoms with Crippen LogP contribution in [0.2, 0.25) is 0 Å². The fourth-order valence-corrected chi connectivity index (χ4v) is 3.77. The molecule has 0 fully saturated rings. The molecule has 0 saturated heterocycles. The SMILES string of the molecule is O=C(NCCCS(=O)(=O)Cc1ccccc1)c1ccccc1OC(F)F. The number of amides is 1. The lowest BCUT2D eigenvalue weighted by atomic mass is 10.2. The molecular formula is C18H19F2NO4S. The molecule has 0 saturated carbocycles. The van der Waals surface area contributed by atoms with Gasteiger partial charge in [-0.25, -0.2) is 8.42 Å². The molecule has 0 aliphatic heterocycles. The Labute approximate surface area is 150 Å². The molecule has 1 N–H and O–H groups in total. The molecule has 2 rings (SSSR count). The van der Waals surface area contributed by atoms with Crippen molar-refractivity contribution in [1.82, 2.24) is 5.32 Å². The van der Waals surface area contributed by atoms with Crippen LogP contribution in [-0.2, 0) is 15.6 Å². The maximum absolute atomic E-state index is 12.4. The molecule has 0 heterocycles. The van der Waals surface area contributed by atoms with Crippen LogP contribution in [0, 0.1) is 0 Å². The van der Waals surface area contributed by atoms with Crippen LogP contribution in [0.15, 0.2) is 54.6 Å². The molecule has 0 spiro atoms. The molecule has 0 radical (unpaired) electrons. The smallest absolute Gasteiger partial charge is 0.387 e. The number of nitrogens with one attached hydrogen (secondary N) is 1. The summed E-state index contributed by atoms with van der Waals surface area (Å²) in [6.45, 7) is -2.93. The molecule has 2 aromatic rings. The van der Waals surface area contributed by atoms with Crippen molar-refractivity contribution in [3.8, 4) is 5.75 Å². The summed E-state index contributed by atoms with van der Waals surface area (Å²) < 4.78 is 53.2. The number of rotatable bonds is 9. The predicted molar refractivity (Wildman–Crippen MR) is 94.0 cm³/mol. The van der Waals surface area contributed by atoms with Crippen LogP contribution in [-0.4, -0.2) is 33.2 Å². The second-order valence-electron chi connectivity index (χ2n) is 5.56. The third kappa shape index (κ3) is 6.44. The lowest BCUT2D eigenvalue weighted by molar-refractivity contribution is -0.0501. The Hall–Kier alpha value is -2.48. The van der Waals surface area contributed by atoms with Crippen molar-refractivity contribution >= 4 is 15.7 Å². The number of para-hydroxylation sites is 1. The van der Waals surface area contributed by atoms with Gasteiger partial charge in [-0.1, -0.05) is 42.5 Å². The molecule has 0 atom stereocenters. The predicted octanol–water partition coefficient (Wildman–Crippen LogP) is 3.02. The van der Waals surface area contributed by atoms with Crippen molar-refractivity contribution in [3.63, 3.8) is 0 Å². The van der Waals surface area contributed by atoms with E-state index in [0.29, 0.717) is 5.56 Å². The van der Waals surface area contributed by atoms with Crippen LogP contribution < -0.4 is 10.1 Å². The topological polar surface area (TPSA) is 72.5 Å². The number of hydrogen-bond acceptors (Lipinski definition) is 4. The number of sulfone groups is 1. The largest absolute Gasteiger partial charge is 0.434 e. The molecule has 0 bridgehead atoms. The van der Waals surface area contributed by atoms with E-state index in [-0.39, 0.29) is 35.8 Å².